The topological polar surface area (TPSA) is 97.3 Å². The van der Waals surface area contributed by atoms with Gasteiger partial charge in [-0.2, -0.15) is 0 Å². The molecule has 3 N–H and O–H groups in total. The molecule has 0 radical (unpaired) electrons. The first-order valence-corrected chi connectivity index (χ1v) is 4.67. The van der Waals surface area contributed by atoms with E-state index in [0.717, 1.165) is 0 Å². The maximum absolute atomic E-state index is 11.6. The quantitative estimate of drug-likeness (QED) is 0.641. The van der Waals surface area contributed by atoms with Crippen molar-refractivity contribution in [2.75, 3.05) is 23.7 Å². The van der Waals surface area contributed by atoms with Crippen LogP contribution in [-0.2, 0) is 4.79 Å². The Hall–Kier alpha value is -1.79. The zero-order chi connectivity index (χ0) is 11.1. The van der Waals surface area contributed by atoms with E-state index < -0.39 is 5.54 Å². The molecule has 1 aliphatic heterocycles. The van der Waals surface area contributed by atoms with Crippen molar-refractivity contribution in [2.24, 2.45) is 0 Å². The summed E-state index contributed by atoms with van der Waals surface area (Å²) >= 11 is 0. The van der Waals surface area contributed by atoms with Crippen LogP contribution in [-0.4, -0.2) is 34.7 Å². The van der Waals surface area contributed by atoms with Gasteiger partial charge in [0.05, 0.1) is 0 Å². The fourth-order valence-electron chi connectivity index (χ4n) is 1.57. The second kappa shape index (κ2) is 3.11. The van der Waals surface area contributed by atoms with Crippen LogP contribution in [0.4, 0.5) is 12.0 Å². The molecule has 2 heterocycles. The van der Waals surface area contributed by atoms with Crippen LogP contribution in [0.2, 0.25) is 0 Å². The minimum atomic E-state index is -0.697. The van der Waals surface area contributed by atoms with Crippen molar-refractivity contribution in [1.29, 1.82) is 0 Å². The molecule has 15 heavy (non-hydrogen) atoms. The fraction of sp³-hybridized carbons (Fsp3) is 0.625. The molecule has 1 saturated heterocycles. The average molecular weight is 211 g/mol. The number of carbonyl (C=O) groups is 1. The van der Waals surface area contributed by atoms with Crippen molar-refractivity contribution in [3.8, 4) is 0 Å². The van der Waals surface area contributed by atoms with Gasteiger partial charge in [-0.05, 0) is 13.8 Å². The number of anilines is 2. The Morgan fingerprint density at radius 3 is 2.87 bits per heavy atom. The summed E-state index contributed by atoms with van der Waals surface area (Å²) in [7, 11) is 0. The number of nitrogens with two attached hydrogens (primary N) is 1. The molecule has 82 valence electrons. The van der Waals surface area contributed by atoms with Gasteiger partial charge in [0.25, 0.3) is 0 Å². The number of nitrogens with one attached hydrogen (secondary N) is 1. The van der Waals surface area contributed by atoms with Crippen LogP contribution in [0.3, 0.4) is 0 Å². The molecule has 0 aliphatic carbocycles. The highest BCUT2D eigenvalue weighted by Gasteiger charge is 2.40. The molecule has 7 heteroatoms. The van der Waals surface area contributed by atoms with E-state index in [-0.39, 0.29) is 17.9 Å². The second-order valence-corrected chi connectivity index (χ2v) is 3.89. The highest BCUT2D eigenvalue weighted by Crippen LogP contribution is 2.25. The largest absolute Gasteiger partial charge is 0.390 e. The van der Waals surface area contributed by atoms with Crippen LogP contribution < -0.4 is 16.0 Å². The molecular formula is C8H13N5O2. The molecule has 2 rings (SSSR count). The third-order valence-electron chi connectivity index (χ3n) is 2.51. The number of amides is 1. The van der Waals surface area contributed by atoms with E-state index in [2.05, 4.69) is 15.5 Å². The monoisotopic (exact) mass is 211 g/mol. The van der Waals surface area contributed by atoms with Crippen molar-refractivity contribution in [2.45, 2.75) is 19.4 Å². The fourth-order valence-corrected chi connectivity index (χ4v) is 1.57. The first-order chi connectivity index (χ1) is 7.01. The molecule has 7 nitrogen and oxygen atoms in total. The zero-order valence-electron chi connectivity index (χ0n) is 8.65. The van der Waals surface area contributed by atoms with Gasteiger partial charge in [-0.3, -0.25) is 4.79 Å². The highest BCUT2D eigenvalue weighted by atomic mass is 16.4. The Balaban J connectivity index is 2.31. The maximum Gasteiger partial charge on any atom is 0.320 e. The summed E-state index contributed by atoms with van der Waals surface area (Å²) in [5.41, 5.74) is 4.64. The van der Waals surface area contributed by atoms with Crippen molar-refractivity contribution < 1.29 is 9.21 Å². The highest BCUT2D eigenvalue weighted by molar-refractivity contribution is 5.89. The van der Waals surface area contributed by atoms with Crippen LogP contribution in [0.1, 0.15) is 13.8 Å². The zero-order valence-corrected chi connectivity index (χ0v) is 8.65. The summed E-state index contributed by atoms with van der Waals surface area (Å²) in [6, 6.07) is 0.291. The summed E-state index contributed by atoms with van der Waals surface area (Å²) < 4.78 is 5.11. The molecule has 0 atom stereocenters. The normalized spacial score (nSPS) is 20.1. The van der Waals surface area contributed by atoms with Crippen LogP contribution in [0, 0.1) is 0 Å². The standard InChI is InChI=1S/C8H13N5O2/c1-8(2)5(14)10-3-4-13(8)7-12-11-6(9)15-7/h3-4H2,1-2H3,(H2,9,11)(H,10,14). The van der Waals surface area contributed by atoms with E-state index in [0.29, 0.717) is 13.1 Å². The number of hydrogen-bond acceptors (Lipinski definition) is 6. The molecule has 1 aliphatic rings. The lowest BCUT2D eigenvalue weighted by Crippen LogP contribution is -2.62. The lowest BCUT2D eigenvalue weighted by Gasteiger charge is -2.39. The second-order valence-electron chi connectivity index (χ2n) is 3.89. The van der Waals surface area contributed by atoms with Gasteiger partial charge in [0, 0.05) is 13.1 Å². The van der Waals surface area contributed by atoms with Gasteiger partial charge in [0.15, 0.2) is 0 Å². The minimum absolute atomic E-state index is 0.00628. The predicted molar refractivity (Wildman–Crippen MR) is 53.1 cm³/mol. The summed E-state index contributed by atoms with van der Waals surface area (Å²) in [5, 5.41) is 10.1. The molecule has 0 saturated carbocycles. The Morgan fingerprint density at radius 2 is 2.27 bits per heavy atom. The predicted octanol–water partition coefficient (Wildman–Crippen LogP) is -0.633. The van der Waals surface area contributed by atoms with Crippen molar-refractivity contribution >= 4 is 17.9 Å². The SMILES string of the molecule is CC1(C)C(=O)NCCN1c1nnc(N)o1. The van der Waals surface area contributed by atoms with E-state index in [1.165, 1.54) is 0 Å². The Kier molecular flexibility index (Phi) is 2.02. The third-order valence-corrected chi connectivity index (χ3v) is 2.51. The Labute approximate surface area is 86.6 Å². The molecule has 1 aromatic heterocycles. The minimum Gasteiger partial charge on any atom is -0.390 e. The van der Waals surface area contributed by atoms with E-state index >= 15 is 0 Å². The van der Waals surface area contributed by atoms with Gasteiger partial charge in [-0.15, -0.1) is 0 Å². The molecular weight excluding hydrogens is 198 g/mol. The molecule has 0 aromatic carbocycles. The number of nitrogen functional groups attached to an aromatic ring is 1. The summed E-state index contributed by atoms with van der Waals surface area (Å²) in [4.78, 5) is 13.4. The van der Waals surface area contributed by atoms with E-state index in [9.17, 15) is 4.79 Å². The van der Waals surface area contributed by atoms with Gasteiger partial charge < -0.3 is 20.4 Å². The number of rotatable bonds is 1. The molecule has 0 spiro atoms. The molecule has 1 aromatic rings. The van der Waals surface area contributed by atoms with Crippen molar-refractivity contribution in [1.82, 2.24) is 15.5 Å². The van der Waals surface area contributed by atoms with Gasteiger partial charge in [-0.25, -0.2) is 0 Å². The number of aromatic nitrogens is 2. The summed E-state index contributed by atoms with van der Waals surface area (Å²) in [5.74, 6) is -0.0643. The Morgan fingerprint density at radius 1 is 1.53 bits per heavy atom. The van der Waals surface area contributed by atoms with Crippen LogP contribution in [0.15, 0.2) is 4.42 Å². The van der Waals surface area contributed by atoms with Gasteiger partial charge in [0.2, 0.25) is 5.91 Å². The summed E-state index contributed by atoms with van der Waals surface area (Å²) in [6.07, 6.45) is 0. The van der Waals surface area contributed by atoms with Crippen LogP contribution in [0.5, 0.6) is 0 Å². The number of hydrogen-bond donors (Lipinski definition) is 2. The number of nitrogens with zero attached hydrogens (tertiary/aromatic N) is 3. The van der Waals surface area contributed by atoms with E-state index in [4.69, 9.17) is 10.2 Å². The van der Waals surface area contributed by atoms with Crippen molar-refractivity contribution in [3.63, 3.8) is 0 Å². The molecule has 1 fully saturated rings. The lowest BCUT2D eigenvalue weighted by molar-refractivity contribution is -0.126. The number of piperazine rings is 1. The molecule has 0 unspecified atom stereocenters. The van der Waals surface area contributed by atoms with Gasteiger partial charge >= 0.3 is 12.0 Å². The summed E-state index contributed by atoms with van der Waals surface area (Å²) in [6.45, 7) is 4.77. The van der Waals surface area contributed by atoms with Crippen molar-refractivity contribution in [3.05, 3.63) is 0 Å². The van der Waals surface area contributed by atoms with Crippen LogP contribution >= 0.6 is 0 Å². The number of carbonyl (C=O) groups excluding carboxylic acids is 1. The van der Waals surface area contributed by atoms with E-state index in [1.54, 1.807) is 18.7 Å². The molecule has 1 amide bonds. The van der Waals surface area contributed by atoms with Crippen LogP contribution in [0.25, 0.3) is 0 Å². The Bertz CT molecular complexity index is 386. The van der Waals surface area contributed by atoms with Gasteiger partial charge in [0.1, 0.15) is 5.54 Å². The maximum atomic E-state index is 11.6. The van der Waals surface area contributed by atoms with Gasteiger partial charge in [-0.1, -0.05) is 10.2 Å². The average Bonchev–Trinajstić information content (AvgIpc) is 2.56. The third kappa shape index (κ3) is 1.49. The first-order valence-electron chi connectivity index (χ1n) is 4.67. The lowest BCUT2D eigenvalue weighted by atomic mass is 10.00. The first kappa shape index (κ1) is 9.75. The molecule has 0 bridgehead atoms. The van der Waals surface area contributed by atoms with E-state index in [1.807, 2.05) is 0 Å². The smallest absolute Gasteiger partial charge is 0.320 e.